The minimum Gasteiger partial charge on any atom is -0.355 e. The topological polar surface area (TPSA) is 126 Å². The van der Waals surface area contributed by atoms with Crippen LogP contribution >= 0.6 is 0 Å². The van der Waals surface area contributed by atoms with Crippen LogP contribution in [-0.4, -0.2) is 39.9 Å². The highest BCUT2D eigenvalue weighted by molar-refractivity contribution is 5.83. The summed E-state index contributed by atoms with van der Waals surface area (Å²) in [6.45, 7) is 37.5. The molecule has 0 unspecified atom stereocenters. The van der Waals surface area contributed by atoms with Gasteiger partial charge in [-0.1, -0.05) is 111 Å². The van der Waals surface area contributed by atoms with E-state index in [-0.39, 0.29) is 0 Å². The first-order valence-electron chi connectivity index (χ1n) is 32.1. The number of hydrogen-bond acceptors (Lipinski definition) is 0. The van der Waals surface area contributed by atoms with Crippen LogP contribution < -0.4 is 42.8 Å². The van der Waals surface area contributed by atoms with Crippen molar-refractivity contribution in [3.63, 3.8) is 0 Å². The third-order valence-electron chi connectivity index (χ3n) is 19.1. The summed E-state index contributed by atoms with van der Waals surface area (Å²) >= 11 is 0. The molecule has 10 rings (SSSR count). The van der Waals surface area contributed by atoms with Crippen LogP contribution in [0.4, 0.5) is 0 Å². The summed E-state index contributed by atoms with van der Waals surface area (Å²) in [5.74, 6) is 0. The molecule has 0 aliphatic carbocycles. The summed E-state index contributed by atoms with van der Waals surface area (Å²) < 4.78 is 0. The third kappa shape index (κ3) is 9.54. The van der Waals surface area contributed by atoms with Crippen LogP contribution in [0.25, 0.3) is 47.6 Å². The van der Waals surface area contributed by atoms with Crippen molar-refractivity contribution < 1.29 is 0 Å². The summed E-state index contributed by atoms with van der Waals surface area (Å²) in [6.07, 6.45) is 30.4. The molecule has 428 valence electrons. The van der Waals surface area contributed by atoms with E-state index >= 15 is 0 Å². The average molecular weight is 1090 g/mol. The average Bonchev–Trinajstić information content (AvgIpc) is 4.40. The molecular weight excluding hydrogens is 989 g/mol. The van der Waals surface area contributed by atoms with Crippen molar-refractivity contribution in [1.29, 1.82) is 0 Å². The SMILES string of the molecule is CCc1c2[nH]c(c1CC)C=c1[nH]c(c(CC)c1CC)=C(CC1=c3[nH]c(c(CC)c3CC)=Cc3[nH]c(c(CC)c3CC)C=c3[nH]c(c(CC)c3CC)=Cc3[nH]c1c(CC)c3CC)c1[nH]c(c(CC)c1CC)C=c1[nH]c(c(CC)c1CC)=C2. The predicted molar refractivity (Wildman–Crippen MR) is 344 cm³/mol. The monoisotopic (exact) mass is 1080 g/mol. The summed E-state index contributed by atoms with van der Waals surface area (Å²) in [5, 5.41) is 9.78. The van der Waals surface area contributed by atoms with Crippen molar-refractivity contribution in [2.24, 2.45) is 0 Å². The van der Waals surface area contributed by atoms with Crippen LogP contribution in [0.1, 0.15) is 252 Å². The summed E-state index contributed by atoms with van der Waals surface area (Å²) in [4.78, 5) is 33.5. The Morgan fingerprint density at radius 2 is 0.395 bits per heavy atom. The molecule has 8 heteroatoms. The van der Waals surface area contributed by atoms with Crippen LogP contribution in [0.15, 0.2) is 0 Å². The molecule has 8 aromatic heterocycles. The van der Waals surface area contributed by atoms with Crippen molar-refractivity contribution in [3.05, 3.63) is 177 Å². The van der Waals surface area contributed by atoms with Gasteiger partial charge in [-0.05, 0) is 228 Å². The number of fused-ring (bicyclic) bond motifs is 16. The fourth-order valence-corrected chi connectivity index (χ4v) is 15.4. The van der Waals surface area contributed by atoms with Crippen molar-refractivity contribution >= 4 is 47.6 Å². The number of nitrogens with one attached hydrogen (secondary N) is 8. The van der Waals surface area contributed by atoms with Gasteiger partial charge in [0, 0.05) is 106 Å². The van der Waals surface area contributed by atoms with E-state index in [9.17, 15) is 0 Å². The van der Waals surface area contributed by atoms with Gasteiger partial charge < -0.3 is 39.9 Å². The van der Waals surface area contributed by atoms with Gasteiger partial charge in [-0.3, -0.25) is 0 Å². The molecule has 10 heterocycles. The Labute approximate surface area is 482 Å². The predicted octanol–water partition coefficient (Wildman–Crippen LogP) is 10.4. The molecular formula is C73H96N8. The Morgan fingerprint density at radius 1 is 0.198 bits per heavy atom. The van der Waals surface area contributed by atoms with Gasteiger partial charge >= 0.3 is 0 Å². The third-order valence-corrected chi connectivity index (χ3v) is 19.1. The van der Waals surface area contributed by atoms with Gasteiger partial charge in [0.15, 0.2) is 0 Å². The zero-order valence-electron chi connectivity index (χ0n) is 52.5. The summed E-state index contributed by atoms with van der Waals surface area (Å²) in [5.41, 5.74) is 35.0. The molecule has 8 nitrogen and oxygen atoms in total. The van der Waals surface area contributed by atoms with Crippen LogP contribution in [0.5, 0.6) is 0 Å². The lowest BCUT2D eigenvalue weighted by Crippen LogP contribution is -2.22. The summed E-state index contributed by atoms with van der Waals surface area (Å²) in [6, 6.07) is 0. The molecule has 2 aliphatic rings. The summed E-state index contributed by atoms with van der Waals surface area (Å²) in [7, 11) is 0. The molecule has 8 N–H and O–H groups in total. The second-order valence-corrected chi connectivity index (χ2v) is 22.8. The van der Waals surface area contributed by atoms with Crippen molar-refractivity contribution in [2.45, 2.75) is 220 Å². The van der Waals surface area contributed by atoms with E-state index < -0.39 is 0 Å². The standard InChI is InChI=1S/C73H96N8/c1-17-40-44(21-5)62-36-66-48(25-9)52(29-13)70(78-66)56(71-53(30-14)49(26-10)67(79-71)37-63-45(22-6)41(18-2)59(75-63)34-58(40)74-62)33-57-72-54(31-15)50(27-11)68(80-72)38-64-46(23-7)42(19-3)60(76-64)35-61-43(20-4)47(24-8)65(77-61)39-69-51(28-12)55(32-16)73(57)81-69/h34-39,74-81H,17-33H2,1-16H3. The molecule has 0 aromatic carbocycles. The molecule has 0 radical (unpaired) electrons. The molecule has 0 saturated heterocycles. The van der Waals surface area contributed by atoms with E-state index in [4.69, 9.17) is 0 Å². The number of hydrogen-bond donors (Lipinski definition) is 8. The Balaban J connectivity index is 1.44. The Kier molecular flexibility index (Phi) is 17.0. The van der Waals surface area contributed by atoms with Gasteiger partial charge in [-0.2, -0.15) is 0 Å². The van der Waals surface area contributed by atoms with Gasteiger partial charge in [0.1, 0.15) is 0 Å². The second-order valence-electron chi connectivity index (χ2n) is 22.8. The largest absolute Gasteiger partial charge is 0.355 e. The Morgan fingerprint density at radius 3 is 0.630 bits per heavy atom. The van der Waals surface area contributed by atoms with E-state index in [1.807, 2.05) is 0 Å². The zero-order chi connectivity index (χ0) is 57.6. The fraction of sp³-hybridized carbons (Fsp3) is 0.452. The quantitative estimate of drug-likeness (QED) is 0.0417. The molecule has 0 spiro atoms. The maximum absolute atomic E-state index is 4.32. The number of H-pyrrole nitrogens is 8. The highest BCUT2D eigenvalue weighted by atomic mass is 14.8. The lowest BCUT2D eigenvalue weighted by molar-refractivity contribution is 1.02. The van der Waals surface area contributed by atoms with Gasteiger partial charge in [0.2, 0.25) is 0 Å². The lowest BCUT2D eigenvalue weighted by Gasteiger charge is -2.15. The smallest absolute Gasteiger partial charge is 0.0477 e. The van der Waals surface area contributed by atoms with Crippen LogP contribution in [0, 0.1) is 0 Å². The van der Waals surface area contributed by atoms with Gasteiger partial charge in [0.05, 0.1) is 0 Å². The van der Waals surface area contributed by atoms with Gasteiger partial charge in [0.25, 0.3) is 0 Å². The molecule has 0 fully saturated rings. The number of aromatic nitrogens is 8. The first-order chi connectivity index (χ1) is 39.4. The molecule has 8 aromatic rings. The highest BCUT2D eigenvalue weighted by Crippen LogP contribution is 2.35. The minimum absolute atomic E-state index is 0.696. The van der Waals surface area contributed by atoms with Crippen LogP contribution in [-0.2, 0) is 103 Å². The molecule has 2 aliphatic heterocycles. The first-order valence-corrected chi connectivity index (χ1v) is 32.1. The number of aromatic amines is 8. The first kappa shape index (κ1) is 57.4. The normalized spacial score (nSPS) is 13.1. The minimum atomic E-state index is 0.696. The molecule has 81 heavy (non-hydrogen) atoms. The maximum Gasteiger partial charge on any atom is 0.0477 e. The van der Waals surface area contributed by atoms with E-state index in [1.54, 1.807) is 0 Å². The van der Waals surface area contributed by atoms with Crippen LogP contribution in [0.2, 0.25) is 0 Å². The highest BCUT2D eigenvalue weighted by Gasteiger charge is 2.28. The maximum atomic E-state index is 4.32. The van der Waals surface area contributed by atoms with E-state index in [2.05, 4.69) is 187 Å². The molecule has 0 atom stereocenters. The van der Waals surface area contributed by atoms with Crippen molar-refractivity contribution in [1.82, 2.24) is 39.9 Å². The fourth-order valence-electron chi connectivity index (χ4n) is 15.4. The van der Waals surface area contributed by atoms with E-state index in [0.717, 1.165) is 103 Å². The second kappa shape index (κ2) is 24.0. The molecule has 16 bridgehead atoms. The Hall–Kier alpha value is -6.80. The zero-order valence-corrected chi connectivity index (χ0v) is 52.5. The molecule has 0 saturated carbocycles. The van der Waals surface area contributed by atoms with E-state index in [1.165, 1.54) is 189 Å². The molecule has 0 amide bonds. The van der Waals surface area contributed by atoms with Gasteiger partial charge in [-0.25, -0.2) is 0 Å². The van der Waals surface area contributed by atoms with Crippen molar-refractivity contribution in [3.8, 4) is 0 Å². The van der Waals surface area contributed by atoms with Gasteiger partial charge in [-0.15, -0.1) is 0 Å². The van der Waals surface area contributed by atoms with Crippen molar-refractivity contribution in [2.75, 3.05) is 0 Å². The Bertz CT molecular complexity index is 3940. The lowest BCUT2D eigenvalue weighted by atomic mass is 9.90. The number of rotatable bonds is 18. The van der Waals surface area contributed by atoms with E-state index in [0.29, 0.717) is 6.42 Å². The van der Waals surface area contributed by atoms with Crippen LogP contribution in [0.3, 0.4) is 0 Å².